The summed E-state index contributed by atoms with van der Waals surface area (Å²) in [5, 5.41) is 11.0. The lowest BCUT2D eigenvalue weighted by Gasteiger charge is -2.17. The normalized spacial score (nSPS) is 13.1. The third-order valence-electron chi connectivity index (χ3n) is 3.68. The predicted molar refractivity (Wildman–Crippen MR) is 74.8 cm³/mol. The molecule has 3 rings (SSSR count). The molecule has 0 spiro atoms. The van der Waals surface area contributed by atoms with Gasteiger partial charge in [-0.2, -0.15) is 0 Å². The molecule has 0 unspecified atom stereocenters. The Balaban J connectivity index is 2.08. The number of fused-ring (bicyclic) bond motifs is 1. The Morgan fingerprint density at radius 2 is 1.83 bits per heavy atom. The second-order valence-corrected chi connectivity index (χ2v) is 4.98. The van der Waals surface area contributed by atoms with Gasteiger partial charge in [0.15, 0.2) is 11.6 Å². The molecule has 2 aromatic carbocycles. The first-order valence-electron chi connectivity index (χ1n) is 6.63. The topological polar surface area (TPSA) is 63.4 Å². The van der Waals surface area contributed by atoms with Gasteiger partial charge in [0.25, 0.3) is 11.6 Å². The second-order valence-electron chi connectivity index (χ2n) is 4.98. The van der Waals surface area contributed by atoms with Crippen molar-refractivity contribution in [1.82, 2.24) is 0 Å². The fourth-order valence-electron chi connectivity index (χ4n) is 2.61. The van der Waals surface area contributed by atoms with Crippen LogP contribution >= 0.6 is 0 Å². The Kier molecular flexibility index (Phi) is 3.51. The number of benzene rings is 2. The minimum Gasteiger partial charge on any atom is -0.307 e. The van der Waals surface area contributed by atoms with Crippen molar-refractivity contribution in [3.8, 4) is 0 Å². The van der Waals surface area contributed by atoms with Gasteiger partial charge >= 0.3 is 0 Å². The molecule has 0 saturated carbocycles. The number of amides is 1. The van der Waals surface area contributed by atoms with E-state index in [-0.39, 0.29) is 18.7 Å². The molecular formula is C15H9F3N2O3. The zero-order chi connectivity index (χ0) is 16.7. The summed E-state index contributed by atoms with van der Waals surface area (Å²) in [6, 6.07) is 5.00. The quantitative estimate of drug-likeness (QED) is 0.630. The summed E-state index contributed by atoms with van der Waals surface area (Å²) in [6.07, 6.45) is 0.241. The highest BCUT2D eigenvalue weighted by Gasteiger charge is 2.32. The van der Waals surface area contributed by atoms with Crippen LogP contribution < -0.4 is 4.90 Å². The van der Waals surface area contributed by atoms with E-state index in [0.717, 1.165) is 4.90 Å². The van der Waals surface area contributed by atoms with Crippen LogP contribution in [0.25, 0.3) is 0 Å². The maximum Gasteiger partial charge on any atom is 0.285 e. The average molecular weight is 322 g/mol. The lowest BCUT2D eigenvalue weighted by atomic mass is 10.1. The highest BCUT2D eigenvalue weighted by Crippen LogP contribution is 2.33. The van der Waals surface area contributed by atoms with E-state index >= 15 is 0 Å². The van der Waals surface area contributed by atoms with Crippen LogP contribution in [0.15, 0.2) is 30.3 Å². The fraction of sp³-hybridized carbons (Fsp3) is 0.133. The van der Waals surface area contributed by atoms with E-state index in [4.69, 9.17) is 0 Å². The molecule has 0 atom stereocenters. The number of halogens is 3. The minimum atomic E-state index is -1.42. The maximum atomic E-state index is 13.7. The number of carbonyl (C=O) groups is 1. The SMILES string of the molecule is O=C(c1cc(F)c(F)cc1[N+](=O)[O-])N1CCc2c(F)cccc21. The average Bonchev–Trinajstić information content (AvgIpc) is 2.94. The highest BCUT2D eigenvalue weighted by molar-refractivity contribution is 6.09. The van der Waals surface area contributed by atoms with Gasteiger partial charge in [-0.1, -0.05) is 6.07 Å². The summed E-state index contributed by atoms with van der Waals surface area (Å²) in [6.45, 7) is 0.102. The van der Waals surface area contributed by atoms with E-state index < -0.39 is 39.5 Å². The summed E-state index contributed by atoms with van der Waals surface area (Å²) in [5.41, 5.74) is -0.829. The Hall–Kier alpha value is -2.90. The minimum absolute atomic E-state index is 0.102. The van der Waals surface area contributed by atoms with Gasteiger partial charge in [-0.25, -0.2) is 13.2 Å². The van der Waals surface area contributed by atoms with E-state index in [1.165, 1.54) is 18.2 Å². The van der Waals surface area contributed by atoms with Crippen LogP contribution in [-0.2, 0) is 6.42 Å². The van der Waals surface area contributed by atoms with Gasteiger partial charge in [0.1, 0.15) is 11.4 Å². The molecule has 2 aromatic rings. The van der Waals surface area contributed by atoms with Gasteiger partial charge in [-0.05, 0) is 24.6 Å². The molecule has 0 bridgehead atoms. The number of carbonyl (C=O) groups excluding carboxylic acids is 1. The standard InChI is InChI=1S/C15H9F3N2O3/c16-10-2-1-3-13-8(10)4-5-19(13)15(21)9-6-11(17)12(18)7-14(9)20(22)23/h1-3,6-7H,4-5H2. The summed E-state index contributed by atoms with van der Waals surface area (Å²) in [7, 11) is 0. The number of hydrogen-bond acceptors (Lipinski definition) is 3. The molecule has 1 aliphatic rings. The summed E-state index contributed by atoms with van der Waals surface area (Å²) >= 11 is 0. The Morgan fingerprint density at radius 3 is 2.52 bits per heavy atom. The van der Waals surface area contributed by atoms with Gasteiger partial charge < -0.3 is 4.90 Å². The van der Waals surface area contributed by atoms with E-state index in [2.05, 4.69) is 0 Å². The molecule has 1 aliphatic heterocycles. The first-order chi connectivity index (χ1) is 10.9. The molecule has 0 radical (unpaired) electrons. The lowest BCUT2D eigenvalue weighted by Crippen LogP contribution is -2.29. The fourth-order valence-corrected chi connectivity index (χ4v) is 2.61. The number of anilines is 1. The van der Waals surface area contributed by atoms with Gasteiger partial charge in [0.2, 0.25) is 0 Å². The highest BCUT2D eigenvalue weighted by atomic mass is 19.2. The Morgan fingerprint density at radius 1 is 1.13 bits per heavy atom. The largest absolute Gasteiger partial charge is 0.307 e. The van der Waals surface area contributed by atoms with Crippen molar-refractivity contribution in [2.24, 2.45) is 0 Å². The van der Waals surface area contributed by atoms with Crippen LogP contribution in [0.4, 0.5) is 24.5 Å². The second kappa shape index (κ2) is 5.38. The molecule has 1 heterocycles. The van der Waals surface area contributed by atoms with Gasteiger partial charge in [-0.15, -0.1) is 0 Å². The molecule has 0 aromatic heterocycles. The van der Waals surface area contributed by atoms with Crippen molar-refractivity contribution in [3.63, 3.8) is 0 Å². The molecule has 0 fully saturated rings. The molecule has 1 amide bonds. The van der Waals surface area contributed by atoms with Crippen LogP contribution in [0, 0.1) is 27.6 Å². The van der Waals surface area contributed by atoms with Gasteiger partial charge in [0, 0.05) is 12.1 Å². The molecule has 23 heavy (non-hydrogen) atoms. The van der Waals surface area contributed by atoms with Crippen LogP contribution in [-0.4, -0.2) is 17.4 Å². The molecule has 118 valence electrons. The Labute approximate surface area is 128 Å². The molecule has 5 nitrogen and oxygen atoms in total. The molecule has 0 saturated heterocycles. The van der Waals surface area contributed by atoms with Crippen LogP contribution in [0.2, 0.25) is 0 Å². The van der Waals surface area contributed by atoms with Crippen molar-refractivity contribution >= 4 is 17.3 Å². The Bertz CT molecular complexity index is 839. The van der Waals surface area contributed by atoms with E-state index in [1.807, 2.05) is 0 Å². The van der Waals surface area contributed by atoms with Crippen LogP contribution in [0.1, 0.15) is 15.9 Å². The van der Waals surface area contributed by atoms with Gasteiger partial charge in [0.05, 0.1) is 16.7 Å². The summed E-state index contributed by atoms with van der Waals surface area (Å²) < 4.78 is 40.3. The zero-order valence-corrected chi connectivity index (χ0v) is 11.6. The zero-order valence-electron chi connectivity index (χ0n) is 11.6. The first kappa shape index (κ1) is 15.0. The molecule has 0 N–H and O–H groups in total. The first-order valence-corrected chi connectivity index (χ1v) is 6.63. The van der Waals surface area contributed by atoms with E-state index in [9.17, 15) is 28.1 Å². The van der Waals surface area contributed by atoms with Crippen molar-refractivity contribution < 1.29 is 22.9 Å². The molecule has 8 heteroatoms. The summed E-state index contributed by atoms with van der Waals surface area (Å²) in [5.74, 6) is -4.14. The van der Waals surface area contributed by atoms with E-state index in [0.29, 0.717) is 17.7 Å². The van der Waals surface area contributed by atoms with Crippen molar-refractivity contribution in [2.75, 3.05) is 11.4 Å². The number of nitro benzene ring substituents is 1. The van der Waals surface area contributed by atoms with Crippen LogP contribution in [0.3, 0.4) is 0 Å². The molecular weight excluding hydrogens is 313 g/mol. The number of nitro groups is 1. The third-order valence-corrected chi connectivity index (χ3v) is 3.68. The monoisotopic (exact) mass is 322 g/mol. The van der Waals surface area contributed by atoms with E-state index in [1.54, 1.807) is 0 Å². The number of hydrogen-bond donors (Lipinski definition) is 0. The lowest BCUT2D eigenvalue weighted by molar-refractivity contribution is -0.385. The van der Waals surface area contributed by atoms with Crippen molar-refractivity contribution in [3.05, 3.63) is 69.0 Å². The van der Waals surface area contributed by atoms with Crippen molar-refractivity contribution in [2.45, 2.75) is 6.42 Å². The number of rotatable bonds is 2. The third kappa shape index (κ3) is 2.41. The number of nitrogens with zero attached hydrogens (tertiary/aromatic N) is 2. The van der Waals surface area contributed by atoms with Crippen LogP contribution in [0.5, 0.6) is 0 Å². The summed E-state index contributed by atoms with van der Waals surface area (Å²) in [4.78, 5) is 23.7. The molecule has 0 aliphatic carbocycles. The van der Waals surface area contributed by atoms with Gasteiger partial charge in [-0.3, -0.25) is 14.9 Å². The predicted octanol–water partition coefficient (Wildman–Crippen LogP) is 3.22. The van der Waals surface area contributed by atoms with Crippen molar-refractivity contribution in [1.29, 1.82) is 0 Å². The smallest absolute Gasteiger partial charge is 0.285 e. The maximum absolute atomic E-state index is 13.7.